The van der Waals surface area contributed by atoms with Crippen molar-refractivity contribution in [2.75, 3.05) is 24.2 Å². The van der Waals surface area contributed by atoms with Crippen LogP contribution in [0.15, 0.2) is 6.07 Å². The standard InChI is InChI=1S/C13H21Cl2N3/c1-8(13(2,3)4)7-17-12-10(15)6-9(14)11(16-5)18-12/h6,8H,7H2,1-5H3,(H2,16,17,18). The highest BCUT2D eigenvalue weighted by molar-refractivity contribution is 6.37. The molecule has 0 radical (unpaired) electrons. The molecule has 18 heavy (non-hydrogen) atoms. The van der Waals surface area contributed by atoms with Crippen molar-refractivity contribution in [2.45, 2.75) is 27.7 Å². The largest absolute Gasteiger partial charge is 0.372 e. The monoisotopic (exact) mass is 289 g/mol. The van der Waals surface area contributed by atoms with Gasteiger partial charge in [-0.15, -0.1) is 0 Å². The van der Waals surface area contributed by atoms with E-state index in [1.54, 1.807) is 13.1 Å². The van der Waals surface area contributed by atoms with E-state index >= 15 is 0 Å². The summed E-state index contributed by atoms with van der Waals surface area (Å²) < 4.78 is 0. The Morgan fingerprint density at radius 3 is 2.28 bits per heavy atom. The average Bonchev–Trinajstić information content (AvgIpc) is 2.26. The maximum absolute atomic E-state index is 6.12. The zero-order chi connectivity index (χ0) is 13.9. The number of nitrogens with one attached hydrogen (secondary N) is 2. The minimum Gasteiger partial charge on any atom is -0.372 e. The molecule has 3 nitrogen and oxygen atoms in total. The molecule has 1 aromatic heterocycles. The minimum atomic E-state index is 0.248. The number of nitrogens with zero attached hydrogens (tertiary/aromatic N) is 1. The molecule has 0 aliphatic rings. The van der Waals surface area contributed by atoms with Crippen molar-refractivity contribution in [3.05, 3.63) is 16.1 Å². The molecule has 1 unspecified atom stereocenters. The van der Waals surface area contributed by atoms with Crippen LogP contribution in [0.2, 0.25) is 10.0 Å². The topological polar surface area (TPSA) is 37.0 Å². The molecule has 0 bridgehead atoms. The second-order valence-corrected chi connectivity index (χ2v) is 6.36. The van der Waals surface area contributed by atoms with E-state index < -0.39 is 0 Å². The molecule has 0 aromatic carbocycles. The van der Waals surface area contributed by atoms with E-state index in [9.17, 15) is 0 Å². The van der Waals surface area contributed by atoms with Gasteiger partial charge in [-0.2, -0.15) is 0 Å². The lowest BCUT2D eigenvalue weighted by Gasteiger charge is -2.27. The molecule has 0 spiro atoms. The molecule has 1 heterocycles. The van der Waals surface area contributed by atoms with Crippen molar-refractivity contribution < 1.29 is 0 Å². The van der Waals surface area contributed by atoms with Gasteiger partial charge in [0.15, 0.2) is 0 Å². The summed E-state index contributed by atoms with van der Waals surface area (Å²) in [7, 11) is 1.78. The third-order valence-electron chi connectivity index (χ3n) is 3.22. The van der Waals surface area contributed by atoms with Gasteiger partial charge in [-0.25, -0.2) is 4.98 Å². The lowest BCUT2D eigenvalue weighted by molar-refractivity contribution is 0.274. The van der Waals surface area contributed by atoms with Gasteiger partial charge in [0.2, 0.25) is 0 Å². The van der Waals surface area contributed by atoms with Gasteiger partial charge >= 0.3 is 0 Å². The zero-order valence-corrected chi connectivity index (χ0v) is 13.1. The minimum absolute atomic E-state index is 0.248. The average molecular weight is 290 g/mol. The van der Waals surface area contributed by atoms with Crippen LogP contribution >= 0.6 is 23.2 Å². The Balaban J connectivity index is 2.79. The Labute approximate surface area is 119 Å². The number of rotatable bonds is 4. The Morgan fingerprint density at radius 2 is 1.78 bits per heavy atom. The molecule has 2 N–H and O–H groups in total. The van der Waals surface area contributed by atoms with Crippen LogP contribution < -0.4 is 10.6 Å². The van der Waals surface area contributed by atoms with Crippen LogP contribution in [0.4, 0.5) is 11.6 Å². The molecule has 102 valence electrons. The third-order valence-corrected chi connectivity index (χ3v) is 3.80. The molecule has 1 aromatic rings. The summed E-state index contributed by atoms with van der Waals surface area (Å²) in [6.07, 6.45) is 0. The fraction of sp³-hybridized carbons (Fsp3) is 0.615. The van der Waals surface area contributed by atoms with Gasteiger partial charge in [0.25, 0.3) is 0 Å². The molecule has 5 heteroatoms. The molecule has 0 fully saturated rings. The fourth-order valence-electron chi connectivity index (χ4n) is 1.32. The quantitative estimate of drug-likeness (QED) is 0.855. The van der Waals surface area contributed by atoms with E-state index in [0.717, 1.165) is 6.54 Å². The number of halogens is 2. The molecule has 0 amide bonds. The first-order chi connectivity index (χ1) is 8.25. The van der Waals surface area contributed by atoms with E-state index in [4.69, 9.17) is 23.2 Å². The zero-order valence-electron chi connectivity index (χ0n) is 11.6. The lowest BCUT2D eigenvalue weighted by Crippen LogP contribution is -2.25. The highest BCUT2D eigenvalue weighted by atomic mass is 35.5. The highest BCUT2D eigenvalue weighted by Crippen LogP contribution is 2.30. The maximum Gasteiger partial charge on any atom is 0.147 e. The first kappa shape index (κ1) is 15.4. The predicted octanol–water partition coefficient (Wildman–Crippen LogP) is 4.52. The maximum atomic E-state index is 6.12. The summed E-state index contributed by atoms with van der Waals surface area (Å²) in [5.74, 6) is 1.80. The third kappa shape index (κ3) is 3.92. The van der Waals surface area contributed by atoms with Crippen LogP contribution in [0.25, 0.3) is 0 Å². The van der Waals surface area contributed by atoms with E-state index in [1.807, 2.05) is 0 Å². The normalized spacial score (nSPS) is 13.3. The molecule has 1 rings (SSSR count). The van der Waals surface area contributed by atoms with Crippen molar-refractivity contribution in [2.24, 2.45) is 11.3 Å². The molecular formula is C13H21Cl2N3. The summed E-state index contributed by atoms with van der Waals surface area (Å²) in [5.41, 5.74) is 0.248. The highest BCUT2D eigenvalue weighted by Gasteiger charge is 2.20. The van der Waals surface area contributed by atoms with Gasteiger partial charge in [0.1, 0.15) is 11.6 Å². The fourth-order valence-corrected chi connectivity index (χ4v) is 1.84. The van der Waals surface area contributed by atoms with Crippen molar-refractivity contribution in [1.82, 2.24) is 4.98 Å². The van der Waals surface area contributed by atoms with Crippen molar-refractivity contribution in [1.29, 1.82) is 0 Å². The van der Waals surface area contributed by atoms with Gasteiger partial charge in [-0.05, 0) is 17.4 Å². The van der Waals surface area contributed by atoms with Crippen molar-refractivity contribution in [3.63, 3.8) is 0 Å². The first-order valence-electron chi connectivity index (χ1n) is 6.03. The Morgan fingerprint density at radius 1 is 1.22 bits per heavy atom. The van der Waals surface area contributed by atoms with Gasteiger partial charge in [0.05, 0.1) is 10.0 Å². The number of hydrogen-bond donors (Lipinski definition) is 2. The van der Waals surface area contributed by atoms with Crippen molar-refractivity contribution in [3.8, 4) is 0 Å². The first-order valence-corrected chi connectivity index (χ1v) is 6.79. The van der Waals surface area contributed by atoms with E-state index in [-0.39, 0.29) is 5.41 Å². The van der Waals surface area contributed by atoms with Crippen LogP contribution in [0, 0.1) is 11.3 Å². The number of pyridine rings is 1. The molecule has 0 aliphatic carbocycles. The van der Waals surface area contributed by atoms with Crippen molar-refractivity contribution >= 4 is 34.8 Å². The molecular weight excluding hydrogens is 269 g/mol. The van der Waals surface area contributed by atoms with Gasteiger partial charge in [-0.3, -0.25) is 0 Å². The second kappa shape index (κ2) is 5.98. The summed E-state index contributed by atoms with van der Waals surface area (Å²) in [4.78, 5) is 4.36. The summed E-state index contributed by atoms with van der Waals surface area (Å²) in [6.45, 7) is 9.68. The molecule has 0 aliphatic heterocycles. The SMILES string of the molecule is CNc1nc(NCC(C)C(C)(C)C)c(Cl)cc1Cl. The molecule has 0 saturated carbocycles. The Bertz CT molecular complexity index is 413. The second-order valence-electron chi connectivity index (χ2n) is 5.55. The summed E-state index contributed by atoms with van der Waals surface area (Å²) in [5, 5.41) is 7.29. The van der Waals surface area contributed by atoms with Gasteiger partial charge in [0, 0.05) is 13.6 Å². The number of hydrogen-bond acceptors (Lipinski definition) is 3. The van der Waals surface area contributed by atoms with Gasteiger partial charge < -0.3 is 10.6 Å². The summed E-state index contributed by atoms with van der Waals surface area (Å²) in [6, 6.07) is 1.70. The van der Waals surface area contributed by atoms with Crippen LogP contribution in [0.1, 0.15) is 27.7 Å². The summed E-state index contributed by atoms with van der Waals surface area (Å²) >= 11 is 12.1. The molecule has 1 atom stereocenters. The van der Waals surface area contributed by atoms with Crippen LogP contribution in [0.3, 0.4) is 0 Å². The Hall–Kier alpha value is -0.670. The van der Waals surface area contributed by atoms with E-state index in [0.29, 0.717) is 27.6 Å². The smallest absolute Gasteiger partial charge is 0.147 e. The van der Waals surface area contributed by atoms with Crippen LogP contribution in [-0.4, -0.2) is 18.6 Å². The van der Waals surface area contributed by atoms with E-state index in [1.165, 1.54) is 0 Å². The van der Waals surface area contributed by atoms with Crippen LogP contribution in [0.5, 0.6) is 0 Å². The number of aromatic nitrogens is 1. The lowest BCUT2D eigenvalue weighted by atomic mass is 9.82. The predicted molar refractivity (Wildman–Crippen MR) is 80.9 cm³/mol. The van der Waals surface area contributed by atoms with Crippen LogP contribution in [-0.2, 0) is 0 Å². The number of anilines is 2. The van der Waals surface area contributed by atoms with E-state index in [2.05, 4.69) is 43.3 Å². The molecule has 0 saturated heterocycles. The van der Waals surface area contributed by atoms with Gasteiger partial charge in [-0.1, -0.05) is 50.9 Å². The Kier molecular flexibility index (Phi) is 5.11.